The van der Waals surface area contributed by atoms with Crippen molar-refractivity contribution in [2.45, 2.75) is 13.8 Å². The number of amides is 1. The summed E-state index contributed by atoms with van der Waals surface area (Å²) in [5, 5.41) is 13.2. The van der Waals surface area contributed by atoms with E-state index in [-0.39, 0.29) is 5.91 Å². The van der Waals surface area contributed by atoms with Crippen LogP contribution in [0.15, 0.2) is 52.9 Å². The van der Waals surface area contributed by atoms with Gasteiger partial charge in [0.2, 0.25) is 0 Å². The van der Waals surface area contributed by atoms with E-state index in [2.05, 4.69) is 20.7 Å². The number of H-pyrrole nitrogens is 1. The number of thiophene rings is 1. The Morgan fingerprint density at radius 2 is 2.00 bits per heavy atom. The van der Waals surface area contributed by atoms with Gasteiger partial charge in [0.15, 0.2) is 0 Å². The highest BCUT2D eigenvalue weighted by Crippen LogP contribution is 2.22. The molecule has 2 N–H and O–H groups in total. The van der Waals surface area contributed by atoms with Crippen molar-refractivity contribution in [1.29, 1.82) is 0 Å². The molecule has 116 valence electrons. The molecule has 0 spiro atoms. The van der Waals surface area contributed by atoms with Gasteiger partial charge in [-0.15, -0.1) is 11.3 Å². The molecular weight excluding hydrogens is 308 g/mol. The number of nitrogens with zero attached hydrogens (tertiary/aromatic N) is 2. The van der Waals surface area contributed by atoms with Gasteiger partial charge in [0.1, 0.15) is 5.69 Å². The molecule has 1 amide bonds. The van der Waals surface area contributed by atoms with Crippen molar-refractivity contribution >= 4 is 23.0 Å². The molecule has 0 aliphatic carbocycles. The summed E-state index contributed by atoms with van der Waals surface area (Å²) in [6, 6.07) is 13.7. The highest BCUT2D eigenvalue weighted by molar-refractivity contribution is 7.12. The van der Waals surface area contributed by atoms with E-state index in [1.807, 2.05) is 61.7 Å². The van der Waals surface area contributed by atoms with Gasteiger partial charge in [0, 0.05) is 16.0 Å². The summed E-state index contributed by atoms with van der Waals surface area (Å²) in [6.07, 6.45) is 0. The second-order valence-electron chi connectivity index (χ2n) is 5.05. The molecule has 2 aromatic heterocycles. The van der Waals surface area contributed by atoms with Crippen molar-refractivity contribution in [2.24, 2.45) is 5.10 Å². The number of aromatic nitrogens is 2. The summed E-state index contributed by atoms with van der Waals surface area (Å²) < 4.78 is 0. The summed E-state index contributed by atoms with van der Waals surface area (Å²) in [5.74, 6) is -0.298. The second kappa shape index (κ2) is 6.58. The van der Waals surface area contributed by atoms with Gasteiger partial charge in [-0.3, -0.25) is 9.89 Å². The van der Waals surface area contributed by atoms with Gasteiger partial charge in [-0.2, -0.15) is 10.2 Å². The Bertz CT molecular complexity index is 835. The molecule has 23 heavy (non-hydrogen) atoms. The maximum atomic E-state index is 12.3. The number of carbonyl (C=O) groups is 1. The van der Waals surface area contributed by atoms with Crippen molar-refractivity contribution in [3.05, 3.63) is 64.0 Å². The van der Waals surface area contributed by atoms with Crippen molar-refractivity contribution in [3.8, 4) is 11.3 Å². The van der Waals surface area contributed by atoms with Gasteiger partial charge < -0.3 is 0 Å². The van der Waals surface area contributed by atoms with E-state index in [0.717, 1.165) is 27.4 Å². The third-order valence-corrected chi connectivity index (χ3v) is 4.47. The van der Waals surface area contributed by atoms with Crippen LogP contribution in [0.3, 0.4) is 0 Å². The normalized spacial score (nSPS) is 11.5. The van der Waals surface area contributed by atoms with E-state index in [1.54, 1.807) is 11.3 Å². The van der Waals surface area contributed by atoms with E-state index in [9.17, 15) is 4.79 Å². The van der Waals surface area contributed by atoms with Gasteiger partial charge in [-0.05, 0) is 25.3 Å². The standard InChI is InChI=1S/C17H16N4OS/c1-11-15(13-7-4-3-5-8-13)19-20-16(11)17(22)21-18-12(2)14-9-6-10-23-14/h3-10H,1-2H3,(H,19,20)(H,21,22)/b18-12+. The molecule has 0 fully saturated rings. The van der Waals surface area contributed by atoms with Crippen LogP contribution in [0, 0.1) is 6.92 Å². The molecular formula is C17H16N4OS. The van der Waals surface area contributed by atoms with Crippen molar-refractivity contribution in [1.82, 2.24) is 15.6 Å². The largest absolute Gasteiger partial charge is 0.289 e. The third-order valence-electron chi connectivity index (χ3n) is 3.49. The van der Waals surface area contributed by atoms with Crippen LogP contribution < -0.4 is 5.43 Å². The van der Waals surface area contributed by atoms with E-state index >= 15 is 0 Å². The van der Waals surface area contributed by atoms with E-state index in [0.29, 0.717) is 5.69 Å². The molecule has 2 heterocycles. The van der Waals surface area contributed by atoms with E-state index < -0.39 is 0 Å². The Hall–Kier alpha value is -2.73. The average molecular weight is 324 g/mol. The predicted octanol–water partition coefficient (Wildman–Crippen LogP) is 3.60. The fourth-order valence-electron chi connectivity index (χ4n) is 2.23. The van der Waals surface area contributed by atoms with Gasteiger partial charge in [0.25, 0.3) is 5.91 Å². The zero-order valence-electron chi connectivity index (χ0n) is 12.8. The number of hydrogen-bond donors (Lipinski definition) is 2. The number of aromatic amines is 1. The zero-order chi connectivity index (χ0) is 16.2. The van der Waals surface area contributed by atoms with Gasteiger partial charge in [-0.1, -0.05) is 36.4 Å². The first-order chi connectivity index (χ1) is 11.2. The summed E-state index contributed by atoms with van der Waals surface area (Å²) in [7, 11) is 0. The van der Waals surface area contributed by atoms with Crippen LogP contribution in [-0.4, -0.2) is 21.8 Å². The van der Waals surface area contributed by atoms with E-state index in [1.165, 1.54) is 0 Å². The Labute approximate surface area is 138 Å². The third kappa shape index (κ3) is 3.22. The minimum Gasteiger partial charge on any atom is -0.272 e. The van der Waals surface area contributed by atoms with E-state index in [4.69, 9.17) is 0 Å². The lowest BCUT2D eigenvalue weighted by Gasteiger charge is -2.01. The lowest BCUT2D eigenvalue weighted by molar-refractivity contribution is 0.0949. The van der Waals surface area contributed by atoms with Crippen LogP contribution in [0.2, 0.25) is 0 Å². The minimum absolute atomic E-state index is 0.298. The van der Waals surface area contributed by atoms with Gasteiger partial charge in [0.05, 0.1) is 11.4 Å². The van der Waals surface area contributed by atoms with Crippen LogP contribution in [-0.2, 0) is 0 Å². The fraction of sp³-hybridized carbons (Fsp3) is 0.118. The maximum absolute atomic E-state index is 12.3. The summed E-state index contributed by atoms with van der Waals surface area (Å²) in [4.78, 5) is 13.3. The molecule has 5 nitrogen and oxygen atoms in total. The molecule has 3 rings (SSSR count). The van der Waals surface area contributed by atoms with Crippen LogP contribution >= 0.6 is 11.3 Å². The minimum atomic E-state index is -0.298. The molecule has 0 saturated carbocycles. The quantitative estimate of drug-likeness (QED) is 0.568. The van der Waals surface area contributed by atoms with Crippen molar-refractivity contribution in [2.75, 3.05) is 0 Å². The van der Waals surface area contributed by atoms with Gasteiger partial charge in [-0.25, -0.2) is 5.43 Å². The molecule has 3 aromatic rings. The molecule has 0 bridgehead atoms. The Morgan fingerprint density at radius 3 is 2.70 bits per heavy atom. The number of benzene rings is 1. The molecule has 0 saturated heterocycles. The average Bonchev–Trinajstić information content (AvgIpc) is 3.23. The Balaban J connectivity index is 1.79. The number of rotatable bonds is 4. The van der Waals surface area contributed by atoms with Crippen LogP contribution in [0.1, 0.15) is 27.9 Å². The highest BCUT2D eigenvalue weighted by Gasteiger charge is 2.16. The first kappa shape index (κ1) is 15.2. The Kier molecular flexibility index (Phi) is 4.34. The molecule has 0 aliphatic heterocycles. The number of hydrogen-bond acceptors (Lipinski definition) is 4. The van der Waals surface area contributed by atoms with Gasteiger partial charge >= 0.3 is 0 Å². The molecule has 0 atom stereocenters. The summed E-state index contributed by atoms with van der Waals surface area (Å²) >= 11 is 1.58. The lowest BCUT2D eigenvalue weighted by atomic mass is 10.1. The summed E-state index contributed by atoms with van der Waals surface area (Å²) in [5.41, 5.74) is 6.32. The fourth-order valence-corrected chi connectivity index (χ4v) is 2.90. The first-order valence-electron chi connectivity index (χ1n) is 7.15. The lowest BCUT2D eigenvalue weighted by Crippen LogP contribution is -2.20. The Morgan fingerprint density at radius 1 is 1.22 bits per heavy atom. The monoisotopic (exact) mass is 324 g/mol. The van der Waals surface area contributed by atoms with Crippen LogP contribution in [0.5, 0.6) is 0 Å². The maximum Gasteiger partial charge on any atom is 0.289 e. The summed E-state index contributed by atoms with van der Waals surface area (Å²) in [6.45, 7) is 3.73. The second-order valence-corrected chi connectivity index (χ2v) is 6.00. The number of hydrazone groups is 1. The van der Waals surface area contributed by atoms with Crippen molar-refractivity contribution in [3.63, 3.8) is 0 Å². The zero-order valence-corrected chi connectivity index (χ0v) is 13.6. The molecule has 6 heteroatoms. The van der Waals surface area contributed by atoms with Crippen molar-refractivity contribution < 1.29 is 4.79 Å². The highest BCUT2D eigenvalue weighted by atomic mass is 32.1. The smallest absolute Gasteiger partial charge is 0.272 e. The molecule has 1 aromatic carbocycles. The van der Waals surface area contributed by atoms with Crippen LogP contribution in [0.25, 0.3) is 11.3 Å². The first-order valence-corrected chi connectivity index (χ1v) is 8.03. The molecule has 0 radical (unpaired) electrons. The topological polar surface area (TPSA) is 70.1 Å². The molecule has 0 aliphatic rings. The SMILES string of the molecule is C/C(=N\NC(=O)c1[nH]nc(-c2ccccc2)c1C)c1cccs1. The van der Waals surface area contributed by atoms with Crippen LogP contribution in [0.4, 0.5) is 0 Å². The molecule has 0 unspecified atom stereocenters. The predicted molar refractivity (Wildman–Crippen MR) is 92.8 cm³/mol. The number of carbonyl (C=O) groups excluding carboxylic acids is 1. The number of nitrogens with one attached hydrogen (secondary N) is 2.